The summed E-state index contributed by atoms with van der Waals surface area (Å²) in [6.45, 7) is 9.06. The Kier molecular flexibility index (Phi) is 8.09. The number of allylic oxidation sites excluding steroid dienone is 3. The van der Waals surface area contributed by atoms with E-state index in [1.807, 2.05) is 0 Å². The molecule has 0 fully saturated rings. The van der Waals surface area contributed by atoms with Gasteiger partial charge in [0.15, 0.2) is 0 Å². The van der Waals surface area contributed by atoms with Crippen LogP contribution in [-0.2, 0) is 0 Å². The van der Waals surface area contributed by atoms with E-state index in [4.69, 9.17) is 0 Å². The van der Waals surface area contributed by atoms with Crippen LogP contribution >= 0.6 is 0 Å². The molecule has 8 aromatic carbocycles. The summed E-state index contributed by atoms with van der Waals surface area (Å²) in [4.78, 5) is 4.94. The van der Waals surface area contributed by atoms with Gasteiger partial charge in [0.2, 0.25) is 0 Å². The summed E-state index contributed by atoms with van der Waals surface area (Å²) in [6.07, 6.45) is 9.14. The maximum atomic E-state index is 2.56. The topological polar surface area (TPSA) is 15.3 Å². The highest BCUT2D eigenvalue weighted by Crippen LogP contribution is 2.51. The molecule has 4 heteroatoms. The van der Waals surface area contributed by atoms with E-state index in [2.05, 4.69) is 228 Å². The van der Waals surface area contributed by atoms with Crippen molar-refractivity contribution in [1.29, 1.82) is 0 Å². The molecule has 0 unspecified atom stereocenters. The maximum Gasteiger partial charge on any atom is 0.0641 e. The SMILES string of the molecule is CC(C)c1ccc(N(C2=CCCC=C2)c2ccc3c4cc5c(cc4n4c6ccccc6c2c34)c2ccc(N(c3ccccc3)c3ccc(C(C)C)cc3)c3c4ccccc4n5c23)cc1. The zero-order valence-electron chi connectivity index (χ0n) is 36.7. The van der Waals surface area contributed by atoms with E-state index >= 15 is 0 Å². The number of hydrogen-bond acceptors (Lipinski definition) is 2. The summed E-state index contributed by atoms with van der Waals surface area (Å²) in [6, 6.07) is 61.7. The second-order valence-electron chi connectivity index (χ2n) is 18.4. The molecule has 0 bridgehead atoms. The van der Waals surface area contributed by atoms with Gasteiger partial charge in [-0.05, 0) is 115 Å². The van der Waals surface area contributed by atoms with E-state index in [0.717, 1.165) is 24.2 Å². The molecule has 0 saturated heterocycles. The van der Waals surface area contributed by atoms with Gasteiger partial charge in [-0.3, -0.25) is 0 Å². The Labute approximate surface area is 372 Å². The lowest BCUT2D eigenvalue weighted by Gasteiger charge is -2.29. The number of aromatic nitrogens is 2. The molecular formula is C60H48N4. The molecule has 4 heterocycles. The molecular weight excluding hydrogens is 777 g/mol. The zero-order chi connectivity index (χ0) is 42.8. The summed E-state index contributed by atoms with van der Waals surface area (Å²) >= 11 is 0. The molecule has 4 aromatic heterocycles. The van der Waals surface area contributed by atoms with Gasteiger partial charge in [-0.25, -0.2) is 0 Å². The fourth-order valence-electron chi connectivity index (χ4n) is 11.1. The highest BCUT2D eigenvalue weighted by molar-refractivity contribution is 6.32. The first-order chi connectivity index (χ1) is 31.4. The Hall–Kier alpha value is -7.56. The standard InChI is InChI=1S/C60H48N4/c1-37(2)39-23-27-43(28-24-39)61(41-15-7-5-8-16-41)53-33-31-45-49-35-56-50(36-55(49)63-51-21-13-11-19-47(51)57(53)59(45)63)46-32-34-54(58-48-20-12-14-22-52(48)64(56)60(46)58)62(42-17-9-6-10-18-42)44-29-25-40(26-30-44)38(3)4/h5,7-9,11-38H,6,10H2,1-4H3. The van der Waals surface area contributed by atoms with Crippen LogP contribution in [0.15, 0.2) is 188 Å². The van der Waals surface area contributed by atoms with Crippen molar-refractivity contribution in [2.24, 2.45) is 0 Å². The van der Waals surface area contributed by atoms with Crippen LogP contribution in [0.5, 0.6) is 0 Å². The van der Waals surface area contributed by atoms with Crippen molar-refractivity contribution >= 4 is 105 Å². The van der Waals surface area contributed by atoms with Crippen molar-refractivity contribution in [2.45, 2.75) is 52.4 Å². The molecule has 4 nitrogen and oxygen atoms in total. The Morgan fingerprint density at radius 1 is 0.406 bits per heavy atom. The molecule has 13 rings (SSSR count). The number of rotatable bonds is 8. The molecule has 0 amide bonds. The Morgan fingerprint density at radius 2 is 0.875 bits per heavy atom. The predicted molar refractivity (Wildman–Crippen MR) is 274 cm³/mol. The summed E-state index contributed by atoms with van der Waals surface area (Å²) in [5, 5.41) is 10.2. The van der Waals surface area contributed by atoms with E-state index in [1.54, 1.807) is 0 Å². The van der Waals surface area contributed by atoms with Gasteiger partial charge in [0, 0.05) is 65.8 Å². The number of fused-ring (bicyclic) bond motifs is 12. The molecule has 0 radical (unpaired) electrons. The fourth-order valence-corrected chi connectivity index (χ4v) is 11.1. The first kappa shape index (κ1) is 37.0. The molecule has 1 aliphatic rings. The quantitative estimate of drug-likeness (QED) is 0.152. The van der Waals surface area contributed by atoms with Crippen molar-refractivity contribution in [1.82, 2.24) is 8.80 Å². The van der Waals surface area contributed by atoms with E-state index in [0.29, 0.717) is 11.8 Å². The van der Waals surface area contributed by atoms with Crippen LogP contribution in [0.4, 0.5) is 28.4 Å². The van der Waals surface area contributed by atoms with E-state index in [-0.39, 0.29) is 0 Å². The van der Waals surface area contributed by atoms with Crippen molar-refractivity contribution in [3.63, 3.8) is 0 Å². The first-order valence-corrected chi connectivity index (χ1v) is 23.0. The third-order valence-corrected chi connectivity index (χ3v) is 14.1. The third kappa shape index (κ3) is 5.23. The average Bonchev–Trinajstić information content (AvgIpc) is 4.06. The van der Waals surface area contributed by atoms with E-state index in [9.17, 15) is 0 Å². The summed E-state index contributed by atoms with van der Waals surface area (Å²) in [5.41, 5.74) is 17.3. The van der Waals surface area contributed by atoms with Gasteiger partial charge in [0.25, 0.3) is 0 Å². The summed E-state index contributed by atoms with van der Waals surface area (Å²) < 4.78 is 5.10. The second kappa shape index (κ2) is 14.0. The van der Waals surface area contributed by atoms with E-state index in [1.165, 1.54) is 110 Å². The van der Waals surface area contributed by atoms with Crippen LogP contribution in [0.25, 0.3) is 76.2 Å². The van der Waals surface area contributed by atoms with Crippen molar-refractivity contribution < 1.29 is 0 Å². The minimum Gasteiger partial charge on any atom is -0.310 e. The van der Waals surface area contributed by atoms with Crippen LogP contribution in [0.1, 0.15) is 63.5 Å². The normalized spacial score (nSPS) is 13.5. The largest absolute Gasteiger partial charge is 0.310 e. The molecule has 0 N–H and O–H groups in total. The molecule has 0 atom stereocenters. The van der Waals surface area contributed by atoms with Crippen molar-refractivity contribution in [3.8, 4) is 0 Å². The predicted octanol–water partition coefficient (Wildman–Crippen LogP) is 17.1. The van der Waals surface area contributed by atoms with Gasteiger partial charge < -0.3 is 18.6 Å². The first-order valence-electron chi connectivity index (χ1n) is 23.0. The van der Waals surface area contributed by atoms with Crippen LogP contribution in [-0.4, -0.2) is 8.80 Å². The third-order valence-electron chi connectivity index (χ3n) is 14.1. The molecule has 64 heavy (non-hydrogen) atoms. The zero-order valence-corrected chi connectivity index (χ0v) is 36.7. The van der Waals surface area contributed by atoms with Gasteiger partial charge in [0.1, 0.15) is 0 Å². The molecule has 1 aliphatic carbocycles. The van der Waals surface area contributed by atoms with Crippen LogP contribution < -0.4 is 9.80 Å². The molecule has 308 valence electrons. The number of anilines is 5. The number of para-hydroxylation sites is 3. The molecule has 0 spiro atoms. The lowest BCUT2D eigenvalue weighted by atomic mass is 10.0. The fraction of sp³-hybridized carbons (Fsp3) is 0.133. The Bertz CT molecular complexity index is 3820. The number of nitrogens with zero attached hydrogens (tertiary/aromatic N) is 4. The number of benzene rings is 8. The Balaban J connectivity index is 1.09. The average molecular weight is 825 g/mol. The molecule has 12 aromatic rings. The van der Waals surface area contributed by atoms with Crippen LogP contribution in [0.2, 0.25) is 0 Å². The summed E-state index contributed by atoms with van der Waals surface area (Å²) in [5.74, 6) is 0.937. The minimum atomic E-state index is 0.464. The highest BCUT2D eigenvalue weighted by Gasteiger charge is 2.28. The smallest absolute Gasteiger partial charge is 0.0641 e. The van der Waals surface area contributed by atoms with Gasteiger partial charge in [-0.2, -0.15) is 0 Å². The Morgan fingerprint density at radius 3 is 1.38 bits per heavy atom. The minimum absolute atomic E-state index is 0.464. The number of hydrogen-bond donors (Lipinski definition) is 0. The van der Waals surface area contributed by atoms with Crippen molar-refractivity contribution in [3.05, 3.63) is 199 Å². The van der Waals surface area contributed by atoms with Crippen molar-refractivity contribution in [2.75, 3.05) is 9.80 Å². The summed E-state index contributed by atoms with van der Waals surface area (Å²) in [7, 11) is 0. The lowest BCUT2D eigenvalue weighted by Crippen LogP contribution is -2.16. The van der Waals surface area contributed by atoms with Gasteiger partial charge in [-0.15, -0.1) is 0 Å². The van der Waals surface area contributed by atoms with Crippen LogP contribution in [0.3, 0.4) is 0 Å². The lowest BCUT2D eigenvalue weighted by molar-refractivity contribution is 0.866. The van der Waals surface area contributed by atoms with Gasteiger partial charge in [-0.1, -0.05) is 131 Å². The van der Waals surface area contributed by atoms with E-state index < -0.39 is 0 Å². The van der Waals surface area contributed by atoms with Gasteiger partial charge >= 0.3 is 0 Å². The van der Waals surface area contributed by atoms with Crippen LogP contribution in [0, 0.1) is 0 Å². The molecule has 0 saturated carbocycles. The maximum absolute atomic E-state index is 2.56. The monoisotopic (exact) mass is 824 g/mol. The molecule has 0 aliphatic heterocycles. The van der Waals surface area contributed by atoms with Gasteiger partial charge in [0.05, 0.1) is 44.5 Å². The highest BCUT2D eigenvalue weighted by atomic mass is 15.2. The second-order valence-corrected chi connectivity index (χ2v) is 18.4.